The molecule has 0 aliphatic carbocycles. The zero-order valence-corrected chi connectivity index (χ0v) is 20.6. The number of benzene rings is 2. The summed E-state index contributed by atoms with van der Waals surface area (Å²) >= 11 is 6.61. The van der Waals surface area contributed by atoms with Crippen LogP contribution in [0.4, 0.5) is 4.79 Å². The molecule has 0 atom stereocenters. The minimum absolute atomic E-state index is 0.0823. The Labute approximate surface area is 208 Å². The molecule has 0 saturated carbocycles. The highest BCUT2D eigenvalue weighted by Gasteiger charge is 2.26. The third-order valence-electron chi connectivity index (χ3n) is 6.45. The Morgan fingerprint density at radius 3 is 2.57 bits per heavy atom. The van der Waals surface area contributed by atoms with Crippen molar-refractivity contribution in [2.24, 2.45) is 0 Å². The third-order valence-corrected chi connectivity index (χ3v) is 6.76. The van der Waals surface area contributed by atoms with Crippen LogP contribution >= 0.6 is 11.6 Å². The maximum atomic E-state index is 13.2. The monoisotopic (exact) mass is 490 g/mol. The SMILES string of the molecule is CCCOC(=O)N1CCN(C(=O)c2ccc3c(Cl)cc(-c4ccc5[nH]cc(C)c5c4)nc3c2)CC1. The Hall–Kier alpha value is -3.58. The molecule has 0 bridgehead atoms. The Morgan fingerprint density at radius 2 is 1.80 bits per heavy atom. The Kier molecular flexibility index (Phi) is 6.34. The average Bonchev–Trinajstić information content (AvgIpc) is 3.26. The van der Waals surface area contributed by atoms with Crippen molar-refractivity contribution in [3.8, 4) is 11.3 Å². The summed E-state index contributed by atoms with van der Waals surface area (Å²) in [5.41, 5.74) is 5.19. The van der Waals surface area contributed by atoms with E-state index in [1.54, 1.807) is 21.9 Å². The number of fused-ring (bicyclic) bond motifs is 2. The third kappa shape index (κ3) is 4.56. The number of carbonyl (C=O) groups excluding carboxylic acids is 2. The number of ether oxygens (including phenoxy) is 1. The highest BCUT2D eigenvalue weighted by molar-refractivity contribution is 6.35. The van der Waals surface area contributed by atoms with Gasteiger partial charge < -0.3 is 19.5 Å². The Balaban J connectivity index is 1.38. The van der Waals surface area contributed by atoms with E-state index >= 15 is 0 Å². The minimum Gasteiger partial charge on any atom is -0.449 e. The molecular formula is C27H27ClN4O3. The van der Waals surface area contributed by atoms with E-state index in [4.69, 9.17) is 21.3 Å². The summed E-state index contributed by atoms with van der Waals surface area (Å²) in [5, 5.41) is 2.53. The first-order valence-electron chi connectivity index (χ1n) is 11.8. The van der Waals surface area contributed by atoms with Gasteiger partial charge in [-0.05, 0) is 49.2 Å². The van der Waals surface area contributed by atoms with Crippen LogP contribution in [0.5, 0.6) is 0 Å². The quantitative estimate of drug-likeness (QED) is 0.401. The van der Waals surface area contributed by atoms with Crippen LogP contribution in [0.25, 0.3) is 33.1 Å². The van der Waals surface area contributed by atoms with Gasteiger partial charge in [0.1, 0.15) is 0 Å². The number of H-pyrrole nitrogens is 1. The van der Waals surface area contributed by atoms with Gasteiger partial charge in [-0.15, -0.1) is 0 Å². The van der Waals surface area contributed by atoms with Crippen LogP contribution in [-0.4, -0.2) is 64.6 Å². The van der Waals surface area contributed by atoms with Gasteiger partial charge in [-0.1, -0.05) is 30.7 Å². The summed E-state index contributed by atoms with van der Waals surface area (Å²) in [5.74, 6) is -0.0823. The van der Waals surface area contributed by atoms with E-state index in [0.717, 1.165) is 34.0 Å². The molecule has 2 aromatic heterocycles. The van der Waals surface area contributed by atoms with E-state index in [2.05, 4.69) is 18.0 Å². The van der Waals surface area contributed by atoms with Crippen molar-refractivity contribution in [1.82, 2.24) is 19.8 Å². The number of pyridine rings is 1. The number of aromatic amines is 1. The van der Waals surface area contributed by atoms with Crippen LogP contribution in [0.1, 0.15) is 29.3 Å². The van der Waals surface area contributed by atoms with Crippen molar-refractivity contribution < 1.29 is 14.3 Å². The van der Waals surface area contributed by atoms with Crippen LogP contribution in [-0.2, 0) is 4.74 Å². The van der Waals surface area contributed by atoms with Crippen LogP contribution in [0.3, 0.4) is 0 Å². The first-order valence-corrected chi connectivity index (χ1v) is 12.2. The number of piperazine rings is 1. The van der Waals surface area contributed by atoms with Crippen LogP contribution in [0, 0.1) is 6.92 Å². The van der Waals surface area contributed by atoms with Crippen molar-refractivity contribution in [3.63, 3.8) is 0 Å². The number of rotatable bonds is 4. The maximum Gasteiger partial charge on any atom is 0.409 e. The number of nitrogens with zero attached hydrogens (tertiary/aromatic N) is 3. The number of amides is 2. The average molecular weight is 491 g/mol. The van der Waals surface area contributed by atoms with Gasteiger partial charge in [-0.2, -0.15) is 0 Å². The molecule has 1 aliphatic rings. The lowest BCUT2D eigenvalue weighted by molar-refractivity contribution is 0.0560. The molecule has 35 heavy (non-hydrogen) atoms. The molecule has 1 saturated heterocycles. The smallest absolute Gasteiger partial charge is 0.409 e. The van der Waals surface area contributed by atoms with Gasteiger partial charge in [0.05, 0.1) is 22.8 Å². The fraction of sp³-hybridized carbons (Fsp3) is 0.296. The van der Waals surface area contributed by atoms with Gasteiger partial charge in [0.2, 0.25) is 0 Å². The summed E-state index contributed by atoms with van der Waals surface area (Å²) in [6, 6.07) is 13.5. The summed E-state index contributed by atoms with van der Waals surface area (Å²) in [7, 11) is 0. The summed E-state index contributed by atoms with van der Waals surface area (Å²) in [4.78, 5) is 36.8. The van der Waals surface area contributed by atoms with Gasteiger partial charge in [0, 0.05) is 59.8 Å². The molecule has 4 aromatic rings. The van der Waals surface area contributed by atoms with Gasteiger partial charge in [0.15, 0.2) is 0 Å². The van der Waals surface area contributed by atoms with Crippen molar-refractivity contribution in [3.05, 3.63) is 64.8 Å². The topological polar surface area (TPSA) is 78.5 Å². The molecule has 1 N–H and O–H groups in total. The molecule has 180 valence electrons. The molecule has 5 rings (SSSR count). The molecular weight excluding hydrogens is 464 g/mol. The second-order valence-electron chi connectivity index (χ2n) is 8.85. The van der Waals surface area contributed by atoms with Gasteiger partial charge in [-0.25, -0.2) is 9.78 Å². The summed E-state index contributed by atoms with van der Waals surface area (Å²) < 4.78 is 5.20. The van der Waals surface area contributed by atoms with Crippen LogP contribution in [0.15, 0.2) is 48.7 Å². The van der Waals surface area contributed by atoms with Gasteiger partial charge in [-0.3, -0.25) is 4.79 Å². The maximum absolute atomic E-state index is 13.2. The molecule has 3 heterocycles. The molecule has 2 amide bonds. The molecule has 0 unspecified atom stereocenters. The summed E-state index contributed by atoms with van der Waals surface area (Å²) in [6.07, 6.45) is 2.46. The van der Waals surface area contributed by atoms with Crippen molar-refractivity contribution >= 4 is 45.4 Å². The Bertz CT molecular complexity index is 1420. The largest absolute Gasteiger partial charge is 0.449 e. The lowest BCUT2D eigenvalue weighted by atomic mass is 10.0. The van der Waals surface area contributed by atoms with Crippen molar-refractivity contribution in [2.45, 2.75) is 20.3 Å². The number of hydrogen-bond donors (Lipinski definition) is 1. The van der Waals surface area contributed by atoms with E-state index in [1.165, 1.54) is 5.56 Å². The zero-order valence-electron chi connectivity index (χ0n) is 19.8. The number of nitrogens with one attached hydrogen (secondary N) is 1. The second-order valence-corrected chi connectivity index (χ2v) is 9.25. The first-order chi connectivity index (χ1) is 16.9. The predicted octanol–water partition coefficient (Wildman–Crippen LogP) is 5.65. The molecule has 1 aliphatic heterocycles. The van der Waals surface area contributed by atoms with E-state index in [-0.39, 0.29) is 12.0 Å². The molecule has 2 aromatic carbocycles. The van der Waals surface area contributed by atoms with Gasteiger partial charge >= 0.3 is 6.09 Å². The normalized spacial score (nSPS) is 14.0. The number of halogens is 1. The van der Waals surface area contributed by atoms with Gasteiger partial charge in [0.25, 0.3) is 5.91 Å². The highest BCUT2D eigenvalue weighted by Crippen LogP contribution is 2.31. The number of aryl methyl sites for hydroxylation is 1. The van der Waals surface area contributed by atoms with E-state index in [1.807, 2.05) is 37.4 Å². The van der Waals surface area contributed by atoms with Crippen molar-refractivity contribution in [2.75, 3.05) is 32.8 Å². The van der Waals surface area contributed by atoms with E-state index in [0.29, 0.717) is 48.9 Å². The second kappa shape index (κ2) is 9.58. The first kappa shape index (κ1) is 23.2. The fourth-order valence-corrected chi connectivity index (χ4v) is 4.70. The minimum atomic E-state index is -0.316. The highest BCUT2D eigenvalue weighted by atomic mass is 35.5. The standard InChI is InChI=1S/C27H27ClN4O3/c1-3-12-35-27(34)32-10-8-31(9-11-32)26(33)19-4-6-20-22(28)15-24(30-25(20)14-19)18-5-7-23-21(13-18)17(2)16-29-23/h4-7,13-16,29H,3,8-12H2,1-2H3. The predicted molar refractivity (Wildman–Crippen MR) is 138 cm³/mol. The Morgan fingerprint density at radius 1 is 1.03 bits per heavy atom. The molecule has 1 fully saturated rings. The molecule has 8 heteroatoms. The van der Waals surface area contributed by atoms with E-state index < -0.39 is 0 Å². The number of aromatic nitrogens is 2. The van der Waals surface area contributed by atoms with E-state index in [9.17, 15) is 9.59 Å². The lowest BCUT2D eigenvalue weighted by Crippen LogP contribution is -2.50. The summed E-state index contributed by atoms with van der Waals surface area (Å²) in [6.45, 7) is 6.26. The molecule has 0 radical (unpaired) electrons. The molecule has 0 spiro atoms. The van der Waals surface area contributed by atoms with Crippen LogP contribution < -0.4 is 0 Å². The zero-order chi connectivity index (χ0) is 24.5. The fourth-order valence-electron chi connectivity index (χ4n) is 4.44. The number of hydrogen-bond acceptors (Lipinski definition) is 4. The lowest BCUT2D eigenvalue weighted by Gasteiger charge is -2.34. The van der Waals surface area contributed by atoms with Crippen molar-refractivity contribution in [1.29, 1.82) is 0 Å². The number of carbonyl (C=O) groups is 2. The van der Waals surface area contributed by atoms with Crippen LogP contribution in [0.2, 0.25) is 5.02 Å². The molecule has 7 nitrogen and oxygen atoms in total.